The van der Waals surface area contributed by atoms with Crippen molar-refractivity contribution >= 4 is 5.97 Å². The van der Waals surface area contributed by atoms with E-state index in [2.05, 4.69) is 4.74 Å². The molecule has 1 aromatic carbocycles. The van der Waals surface area contributed by atoms with Gasteiger partial charge in [-0.15, -0.1) is 0 Å². The van der Waals surface area contributed by atoms with E-state index in [4.69, 9.17) is 5.26 Å². The van der Waals surface area contributed by atoms with Crippen molar-refractivity contribution in [2.45, 2.75) is 32.1 Å². The lowest BCUT2D eigenvalue weighted by atomic mass is 9.77. The summed E-state index contributed by atoms with van der Waals surface area (Å²) >= 11 is 0. The maximum absolute atomic E-state index is 13.9. The quantitative estimate of drug-likeness (QED) is 0.361. The number of carbonyl (C=O) groups excluding carboxylic acids is 1. The summed E-state index contributed by atoms with van der Waals surface area (Å²) in [6.07, 6.45) is -0.796. The average Bonchev–Trinajstić information content (AvgIpc) is 2.49. The van der Waals surface area contributed by atoms with E-state index in [0.717, 1.165) is 6.92 Å². The van der Waals surface area contributed by atoms with Crippen molar-refractivity contribution in [3.63, 3.8) is 0 Å². The topological polar surface area (TPSA) is 50.1 Å². The van der Waals surface area contributed by atoms with E-state index < -0.39 is 52.5 Å². The third-order valence-electron chi connectivity index (χ3n) is 3.22. The Hall–Kier alpha value is -2.17. The molecular weight excluding hydrogens is 309 g/mol. The van der Waals surface area contributed by atoms with Crippen molar-refractivity contribution < 1.29 is 31.5 Å². The minimum atomic E-state index is -2.31. The molecule has 22 heavy (non-hydrogen) atoms. The van der Waals surface area contributed by atoms with Gasteiger partial charge in [-0.3, -0.25) is 4.79 Å². The van der Waals surface area contributed by atoms with Crippen LogP contribution < -0.4 is 0 Å². The molecule has 1 rings (SSSR count). The van der Waals surface area contributed by atoms with Crippen LogP contribution in [0.4, 0.5) is 22.0 Å². The Bertz CT molecular complexity index is 612. The fraction of sp³-hybridized carbons (Fsp3) is 0.429. The Kier molecular flexibility index (Phi) is 5.47. The number of nitrogens with zero attached hydrogens (tertiary/aromatic N) is 1. The van der Waals surface area contributed by atoms with Gasteiger partial charge < -0.3 is 4.74 Å². The second kappa shape index (κ2) is 6.73. The lowest BCUT2D eigenvalue weighted by Crippen LogP contribution is -2.37. The number of hydrogen-bond donors (Lipinski definition) is 0. The highest BCUT2D eigenvalue weighted by molar-refractivity contribution is 5.83. The number of carbonyl (C=O) groups is 1. The molecule has 1 unspecified atom stereocenters. The molecule has 0 saturated carbocycles. The number of halogens is 5. The lowest BCUT2D eigenvalue weighted by Gasteiger charge is -2.28. The van der Waals surface area contributed by atoms with Crippen molar-refractivity contribution in [2.24, 2.45) is 0 Å². The third-order valence-corrected chi connectivity index (χ3v) is 3.22. The molecule has 0 aliphatic heterocycles. The van der Waals surface area contributed by atoms with Gasteiger partial charge in [-0.25, -0.2) is 22.0 Å². The summed E-state index contributed by atoms with van der Waals surface area (Å²) in [4.78, 5) is 12.0. The van der Waals surface area contributed by atoms with E-state index in [-0.39, 0.29) is 13.0 Å². The van der Waals surface area contributed by atoms with Crippen LogP contribution in [0.5, 0.6) is 0 Å². The van der Waals surface area contributed by atoms with Crippen molar-refractivity contribution in [3.05, 3.63) is 34.6 Å². The Balaban J connectivity index is 3.63. The van der Waals surface area contributed by atoms with Gasteiger partial charge in [-0.05, 0) is 20.3 Å². The van der Waals surface area contributed by atoms with E-state index in [1.807, 2.05) is 0 Å². The zero-order valence-corrected chi connectivity index (χ0v) is 11.8. The van der Waals surface area contributed by atoms with Crippen LogP contribution in [0.3, 0.4) is 0 Å². The molecule has 0 bridgehead atoms. The van der Waals surface area contributed by atoms with Crippen LogP contribution in [0, 0.1) is 40.4 Å². The summed E-state index contributed by atoms with van der Waals surface area (Å²) in [6, 6.07) is 1.66. The summed E-state index contributed by atoms with van der Waals surface area (Å²) in [5.74, 6) is -12.0. The minimum Gasteiger partial charge on any atom is -0.465 e. The molecule has 3 nitrogen and oxygen atoms in total. The summed E-state index contributed by atoms with van der Waals surface area (Å²) in [5.41, 5.74) is -3.47. The molecule has 0 heterocycles. The van der Waals surface area contributed by atoms with Gasteiger partial charge in [0, 0.05) is 12.0 Å². The van der Waals surface area contributed by atoms with E-state index >= 15 is 0 Å². The first-order valence-corrected chi connectivity index (χ1v) is 6.28. The summed E-state index contributed by atoms with van der Waals surface area (Å²) in [7, 11) is 0. The number of ether oxygens (including phenoxy) is 1. The monoisotopic (exact) mass is 321 g/mol. The molecule has 8 heteroatoms. The molecule has 0 aromatic heterocycles. The largest absolute Gasteiger partial charge is 0.465 e. The second-order valence-electron chi connectivity index (χ2n) is 4.66. The van der Waals surface area contributed by atoms with Crippen molar-refractivity contribution in [1.29, 1.82) is 5.26 Å². The normalized spacial score (nSPS) is 13.4. The zero-order chi connectivity index (χ0) is 17.1. The van der Waals surface area contributed by atoms with Crippen LogP contribution in [0.25, 0.3) is 0 Å². The van der Waals surface area contributed by atoms with Crippen LogP contribution in [-0.4, -0.2) is 12.6 Å². The van der Waals surface area contributed by atoms with E-state index in [9.17, 15) is 26.7 Å². The van der Waals surface area contributed by atoms with E-state index in [0.29, 0.717) is 0 Å². The van der Waals surface area contributed by atoms with Crippen molar-refractivity contribution in [2.75, 3.05) is 6.61 Å². The predicted molar refractivity (Wildman–Crippen MR) is 65.1 cm³/mol. The fourth-order valence-corrected chi connectivity index (χ4v) is 2.01. The first kappa shape index (κ1) is 17.9. The molecule has 1 atom stereocenters. The number of nitriles is 1. The Morgan fingerprint density at radius 1 is 1.09 bits per heavy atom. The molecular formula is C14H12F5NO2. The SMILES string of the molecule is CCOC(=O)C(C)(CCC#N)c1c(F)c(F)c(F)c(F)c1F. The Morgan fingerprint density at radius 2 is 1.55 bits per heavy atom. The highest BCUT2D eigenvalue weighted by Crippen LogP contribution is 2.37. The fourth-order valence-electron chi connectivity index (χ4n) is 2.01. The van der Waals surface area contributed by atoms with Crippen molar-refractivity contribution in [1.82, 2.24) is 0 Å². The summed E-state index contributed by atoms with van der Waals surface area (Å²) < 4.78 is 72.2. The van der Waals surface area contributed by atoms with E-state index in [1.165, 1.54) is 6.92 Å². The highest BCUT2D eigenvalue weighted by atomic mass is 19.2. The van der Waals surface area contributed by atoms with Gasteiger partial charge in [-0.1, -0.05) is 0 Å². The molecule has 0 fully saturated rings. The number of benzene rings is 1. The second-order valence-corrected chi connectivity index (χ2v) is 4.66. The van der Waals surface area contributed by atoms with Gasteiger partial charge in [0.2, 0.25) is 5.82 Å². The minimum absolute atomic E-state index is 0.156. The molecule has 0 aliphatic carbocycles. The van der Waals surface area contributed by atoms with Crippen LogP contribution in [0.1, 0.15) is 32.3 Å². The molecule has 0 saturated heterocycles. The van der Waals surface area contributed by atoms with E-state index in [1.54, 1.807) is 6.07 Å². The smallest absolute Gasteiger partial charge is 0.316 e. The number of hydrogen-bond acceptors (Lipinski definition) is 3. The van der Waals surface area contributed by atoms with Crippen LogP contribution in [-0.2, 0) is 14.9 Å². The van der Waals surface area contributed by atoms with Crippen molar-refractivity contribution in [3.8, 4) is 6.07 Å². The molecule has 1 aromatic rings. The number of rotatable bonds is 5. The molecule has 0 spiro atoms. The standard InChI is InChI=1S/C14H12F5NO2/c1-3-22-13(21)14(2,5-4-6-20)7-8(15)10(17)12(19)11(18)9(7)16/h3-5H2,1-2H3. The maximum atomic E-state index is 13.9. The molecule has 0 aliphatic rings. The molecule has 0 N–H and O–H groups in total. The van der Waals surface area contributed by atoms with Crippen LogP contribution in [0.2, 0.25) is 0 Å². The zero-order valence-electron chi connectivity index (χ0n) is 11.8. The average molecular weight is 321 g/mol. The maximum Gasteiger partial charge on any atom is 0.316 e. The molecule has 0 amide bonds. The van der Waals surface area contributed by atoms with Gasteiger partial charge in [0.1, 0.15) is 0 Å². The van der Waals surface area contributed by atoms with Gasteiger partial charge in [0.25, 0.3) is 0 Å². The van der Waals surface area contributed by atoms with Gasteiger partial charge in [0.05, 0.1) is 18.1 Å². The molecule has 0 radical (unpaired) electrons. The Labute approximate surface area is 123 Å². The third kappa shape index (κ3) is 2.89. The van der Waals surface area contributed by atoms with Crippen LogP contribution in [0.15, 0.2) is 0 Å². The first-order chi connectivity index (χ1) is 10.2. The molecule has 120 valence electrons. The first-order valence-electron chi connectivity index (χ1n) is 6.28. The Morgan fingerprint density at radius 3 is 1.95 bits per heavy atom. The predicted octanol–water partition coefficient (Wildman–Crippen LogP) is 3.51. The summed E-state index contributed by atoms with van der Waals surface area (Å²) in [5, 5.41) is 8.58. The van der Waals surface area contributed by atoms with Gasteiger partial charge >= 0.3 is 5.97 Å². The highest BCUT2D eigenvalue weighted by Gasteiger charge is 2.44. The number of esters is 1. The lowest BCUT2D eigenvalue weighted by molar-refractivity contribution is -0.150. The summed E-state index contributed by atoms with van der Waals surface area (Å²) in [6.45, 7) is 2.23. The van der Waals surface area contributed by atoms with Crippen LogP contribution >= 0.6 is 0 Å². The van der Waals surface area contributed by atoms with Gasteiger partial charge in [0.15, 0.2) is 23.3 Å². The van der Waals surface area contributed by atoms with Gasteiger partial charge in [-0.2, -0.15) is 5.26 Å².